The predicted molar refractivity (Wildman–Crippen MR) is 64.4 cm³/mol. The van der Waals surface area contributed by atoms with Crippen molar-refractivity contribution < 1.29 is 9.90 Å². The van der Waals surface area contributed by atoms with E-state index in [1.165, 1.54) is 18.4 Å². The van der Waals surface area contributed by atoms with E-state index in [2.05, 4.69) is 4.98 Å². The van der Waals surface area contributed by atoms with Crippen molar-refractivity contribution in [3.8, 4) is 0 Å². The number of hydrogen-bond acceptors (Lipinski definition) is 2. The van der Waals surface area contributed by atoms with Crippen molar-refractivity contribution in [2.24, 2.45) is 0 Å². The lowest BCUT2D eigenvalue weighted by molar-refractivity contribution is 0.0694. The summed E-state index contributed by atoms with van der Waals surface area (Å²) in [6.45, 7) is 0. The van der Waals surface area contributed by atoms with Gasteiger partial charge in [-0.05, 0) is 49.1 Å². The molecule has 0 amide bonds. The minimum atomic E-state index is -0.811. The number of aromatic nitrogens is 1. The zero-order valence-corrected chi connectivity index (χ0v) is 9.91. The molecule has 1 aromatic heterocycles. The van der Waals surface area contributed by atoms with Gasteiger partial charge in [-0.3, -0.25) is 4.98 Å². The van der Waals surface area contributed by atoms with E-state index in [4.69, 9.17) is 0 Å². The van der Waals surface area contributed by atoms with Gasteiger partial charge in [-0.1, -0.05) is 12.8 Å². The van der Waals surface area contributed by atoms with E-state index in [1.807, 2.05) is 0 Å². The van der Waals surface area contributed by atoms with Crippen LogP contribution < -0.4 is 0 Å². The van der Waals surface area contributed by atoms with E-state index >= 15 is 0 Å². The zero-order valence-electron chi connectivity index (χ0n) is 9.91. The van der Waals surface area contributed by atoms with E-state index in [9.17, 15) is 9.90 Å². The maximum atomic E-state index is 11.3. The van der Waals surface area contributed by atoms with Crippen molar-refractivity contribution in [1.82, 2.24) is 4.98 Å². The van der Waals surface area contributed by atoms with Crippen LogP contribution in [0.5, 0.6) is 0 Å². The molecule has 0 aromatic carbocycles. The molecule has 1 saturated carbocycles. The molecule has 3 rings (SSSR count). The van der Waals surface area contributed by atoms with Crippen molar-refractivity contribution in [3.63, 3.8) is 0 Å². The van der Waals surface area contributed by atoms with Gasteiger partial charge in [-0.25, -0.2) is 4.79 Å². The average molecular weight is 231 g/mol. The van der Waals surface area contributed by atoms with Gasteiger partial charge in [0.2, 0.25) is 0 Å². The largest absolute Gasteiger partial charge is 0.478 e. The Morgan fingerprint density at radius 3 is 2.71 bits per heavy atom. The molecule has 0 saturated heterocycles. The number of hydrogen-bond donors (Lipinski definition) is 1. The molecule has 0 bridgehead atoms. The van der Waals surface area contributed by atoms with Crippen molar-refractivity contribution in [1.29, 1.82) is 0 Å². The maximum absolute atomic E-state index is 11.3. The molecule has 0 aliphatic heterocycles. The van der Waals surface area contributed by atoms with Crippen molar-refractivity contribution in [3.05, 3.63) is 28.6 Å². The van der Waals surface area contributed by atoms with Gasteiger partial charge in [-0.15, -0.1) is 0 Å². The highest BCUT2D eigenvalue weighted by atomic mass is 16.4. The summed E-state index contributed by atoms with van der Waals surface area (Å²) in [6.07, 6.45) is 9.53. The van der Waals surface area contributed by atoms with Gasteiger partial charge in [0, 0.05) is 11.9 Å². The number of carboxylic acids is 1. The smallest absolute Gasteiger partial charge is 0.337 e. The minimum absolute atomic E-state index is 0.456. The molecule has 2 aliphatic rings. The van der Waals surface area contributed by atoms with E-state index in [1.54, 1.807) is 6.20 Å². The lowest BCUT2D eigenvalue weighted by Crippen LogP contribution is -2.10. The van der Waals surface area contributed by atoms with Gasteiger partial charge < -0.3 is 5.11 Å². The Morgan fingerprint density at radius 1 is 1.24 bits per heavy atom. The number of aryl methyl sites for hydroxylation is 1. The van der Waals surface area contributed by atoms with Gasteiger partial charge in [0.05, 0.1) is 5.56 Å². The van der Waals surface area contributed by atoms with Crippen LogP contribution in [0.15, 0.2) is 6.20 Å². The number of carboxylic acid groups (broad SMARTS) is 1. The molecule has 1 N–H and O–H groups in total. The summed E-state index contributed by atoms with van der Waals surface area (Å²) < 4.78 is 0. The molecule has 2 aliphatic carbocycles. The maximum Gasteiger partial charge on any atom is 0.337 e. The van der Waals surface area contributed by atoms with Crippen LogP contribution in [0.25, 0.3) is 0 Å². The van der Waals surface area contributed by atoms with Crippen LogP contribution in [0, 0.1) is 0 Å². The third-order valence-electron chi connectivity index (χ3n) is 4.15. The summed E-state index contributed by atoms with van der Waals surface area (Å²) >= 11 is 0. The Bertz CT molecular complexity index is 462. The average Bonchev–Trinajstić information content (AvgIpc) is 2.98. The van der Waals surface area contributed by atoms with E-state index < -0.39 is 5.97 Å². The molecule has 1 aromatic rings. The molecule has 3 heteroatoms. The van der Waals surface area contributed by atoms with Crippen molar-refractivity contribution in [2.45, 2.75) is 50.9 Å². The van der Waals surface area contributed by atoms with Crippen LogP contribution >= 0.6 is 0 Å². The number of rotatable bonds is 2. The number of nitrogens with zero attached hydrogens (tertiary/aromatic N) is 1. The fourth-order valence-electron chi connectivity index (χ4n) is 3.39. The van der Waals surface area contributed by atoms with Crippen LogP contribution in [-0.4, -0.2) is 16.1 Å². The van der Waals surface area contributed by atoms with Crippen LogP contribution in [0.3, 0.4) is 0 Å². The molecule has 0 spiro atoms. The first-order valence-corrected chi connectivity index (χ1v) is 6.51. The first-order valence-electron chi connectivity index (χ1n) is 6.51. The topological polar surface area (TPSA) is 50.2 Å². The summed E-state index contributed by atoms with van der Waals surface area (Å²) in [4.78, 5) is 15.7. The summed E-state index contributed by atoms with van der Waals surface area (Å²) in [5.74, 6) is -0.343. The third-order valence-corrected chi connectivity index (χ3v) is 4.15. The summed E-state index contributed by atoms with van der Waals surface area (Å²) in [5, 5.41) is 9.32. The monoisotopic (exact) mass is 231 g/mol. The summed E-state index contributed by atoms with van der Waals surface area (Å²) in [6, 6.07) is 0. The highest BCUT2D eigenvalue weighted by Gasteiger charge is 2.29. The van der Waals surface area contributed by atoms with Crippen LogP contribution in [-0.2, 0) is 12.8 Å². The Hall–Kier alpha value is -1.38. The molecule has 0 unspecified atom stereocenters. The lowest BCUT2D eigenvalue weighted by atomic mass is 9.89. The Balaban J connectivity index is 2.13. The summed E-state index contributed by atoms with van der Waals surface area (Å²) in [5.41, 5.74) is 3.99. The second kappa shape index (κ2) is 4.13. The SMILES string of the molecule is O=C(O)c1cnc2c(c1C1CCCC1)CCC2. The standard InChI is InChI=1S/C14H17NO2/c16-14(17)11-8-15-12-7-3-6-10(12)13(11)9-4-1-2-5-9/h8-9H,1-7H2,(H,16,17). The van der Waals surface area contributed by atoms with Gasteiger partial charge in [0.1, 0.15) is 0 Å². The molecule has 3 nitrogen and oxygen atoms in total. The third kappa shape index (κ3) is 1.74. The second-order valence-electron chi connectivity index (χ2n) is 5.15. The van der Waals surface area contributed by atoms with Gasteiger partial charge in [-0.2, -0.15) is 0 Å². The van der Waals surface area contributed by atoms with Crippen LogP contribution in [0.1, 0.15) is 65.2 Å². The number of aromatic carboxylic acids is 1. The fourth-order valence-corrected chi connectivity index (χ4v) is 3.39. The normalized spacial score (nSPS) is 19.5. The second-order valence-corrected chi connectivity index (χ2v) is 5.15. The number of carbonyl (C=O) groups is 1. The first-order chi connectivity index (χ1) is 8.27. The predicted octanol–water partition coefficient (Wildman–Crippen LogP) is 2.93. The van der Waals surface area contributed by atoms with Gasteiger partial charge in [0.15, 0.2) is 0 Å². The Morgan fingerprint density at radius 2 is 2.00 bits per heavy atom. The molecule has 0 atom stereocenters. The molecule has 1 fully saturated rings. The van der Waals surface area contributed by atoms with Gasteiger partial charge in [0.25, 0.3) is 0 Å². The zero-order chi connectivity index (χ0) is 11.8. The van der Waals surface area contributed by atoms with E-state index in [0.717, 1.165) is 43.4 Å². The van der Waals surface area contributed by atoms with E-state index in [0.29, 0.717) is 11.5 Å². The van der Waals surface area contributed by atoms with E-state index in [-0.39, 0.29) is 0 Å². The minimum Gasteiger partial charge on any atom is -0.478 e. The Labute approximate surface area is 101 Å². The van der Waals surface area contributed by atoms with Crippen LogP contribution in [0.4, 0.5) is 0 Å². The molecule has 90 valence electrons. The van der Waals surface area contributed by atoms with Gasteiger partial charge >= 0.3 is 5.97 Å². The first kappa shape index (κ1) is 10.8. The molecular weight excluding hydrogens is 214 g/mol. The number of pyridine rings is 1. The summed E-state index contributed by atoms with van der Waals surface area (Å²) in [7, 11) is 0. The highest BCUT2D eigenvalue weighted by molar-refractivity contribution is 5.90. The number of fused-ring (bicyclic) bond motifs is 1. The lowest BCUT2D eigenvalue weighted by Gasteiger charge is -2.17. The molecule has 0 radical (unpaired) electrons. The quantitative estimate of drug-likeness (QED) is 0.851. The molecular formula is C14H17NO2. The highest BCUT2D eigenvalue weighted by Crippen LogP contribution is 2.40. The molecule has 1 heterocycles. The molecule has 17 heavy (non-hydrogen) atoms. The van der Waals surface area contributed by atoms with Crippen LogP contribution in [0.2, 0.25) is 0 Å². The Kier molecular flexibility index (Phi) is 2.61. The van der Waals surface area contributed by atoms with Crippen molar-refractivity contribution >= 4 is 5.97 Å². The fraction of sp³-hybridized carbons (Fsp3) is 0.571. The van der Waals surface area contributed by atoms with Crippen molar-refractivity contribution in [2.75, 3.05) is 0 Å².